The molecule has 1 atom stereocenters. The van der Waals surface area contributed by atoms with Gasteiger partial charge in [0.15, 0.2) is 11.5 Å². The summed E-state index contributed by atoms with van der Waals surface area (Å²) < 4.78 is 11.3. The summed E-state index contributed by atoms with van der Waals surface area (Å²) in [5, 5.41) is 0. The minimum absolute atomic E-state index is 0.165. The topological polar surface area (TPSA) is 47.7 Å². The van der Waals surface area contributed by atoms with E-state index in [2.05, 4.69) is 17.0 Å². The Morgan fingerprint density at radius 1 is 1.10 bits per heavy atom. The highest BCUT2D eigenvalue weighted by atomic mass is 16.6. The Morgan fingerprint density at radius 3 is 2.52 bits per heavy atom. The van der Waals surface area contributed by atoms with Gasteiger partial charge in [-0.25, -0.2) is 0 Å². The maximum absolute atomic E-state index is 6.59. The molecule has 2 N–H and O–H groups in total. The highest BCUT2D eigenvalue weighted by molar-refractivity contribution is 5.48. The zero-order valence-electron chi connectivity index (χ0n) is 12.5. The SMILES string of the molecule is N[C@H](CN1CCCC1)C1(c2ccc3c(c2)OCCO3)CC1. The molecule has 2 fully saturated rings. The number of rotatable bonds is 4. The molecule has 0 spiro atoms. The molecule has 2 heterocycles. The van der Waals surface area contributed by atoms with Gasteiger partial charge in [-0.2, -0.15) is 0 Å². The fourth-order valence-electron chi connectivity index (χ4n) is 3.78. The van der Waals surface area contributed by atoms with Gasteiger partial charge in [0.05, 0.1) is 0 Å². The predicted molar refractivity (Wildman–Crippen MR) is 82.0 cm³/mol. The van der Waals surface area contributed by atoms with Crippen LogP contribution in [0.3, 0.4) is 0 Å². The van der Waals surface area contributed by atoms with Crippen LogP contribution < -0.4 is 15.2 Å². The largest absolute Gasteiger partial charge is 0.486 e. The van der Waals surface area contributed by atoms with Crippen LogP contribution in [0.15, 0.2) is 18.2 Å². The van der Waals surface area contributed by atoms with Crippen molar-refractivity contribution < 1.29 is 9.47 Å². The number of hydrogen-bond acceptors (Lipinski definition) is 4. The van der Waals surface area contributed by atoms with Gasteiger partial charge in [0.25, 0.3) is 0 Å². The minimum Gasteiger partial charge on any atom is -0.486 e. The Balaban J connectivity index is 1.53. The smallest absolute Gasteiger partial charge is 0.161 e. The Hall–Kier alpha value is -1.26. The number of hydrogen-bond donors (Lipinski definition) is 1. The quantitative estimate of drug-likeness (QED) is 0.919. The third-order valence-corrected chi connectivity index (χ3v) is 5.27. The second-order valence-electron chi connectivity index (χ2n) is 6.63. The summed E-state index contributed by atoms with van der Waals surface area (Å²) in [4.78, 5) is 2.52. The standard InChI is InChI=1S/C17H24N2O2/c18-16(12-19-7-1-2-8-19)17(5-6-17)13-3-4-14-15(11-13)21-10-9-20-14/h3-4,11,16H,1-2,5-10,12,18H2/t16-/m1/s1. The molecule has 1 saturated carbocycles. The van der Waals surface area contributed by atoms with E-state index in [0.29, 0.717) is 13.2 Å². The van der Waals surface area contributed by atoms with Crippen LogP contribution in [0, 0.1) is 0 Å². The van der Waals surface area contributed by atoms with Crippen LogP contribution in [0.5, 0.6) is 11.5 Å². The molecule has 0 bridgehead atoms. The van der Waals surface area contributed by atoms with E-state index in [-0.39, 0.29) is 11.5 Å². The van der Waals surface area contributed by atoms with Crippen molar-refractivity contribution in [3.05, 3.63) is 23.8 Å². The summed E-state index contributed by atoms with van der Waals surface area (Å²) in [7, 11) is 0. The fraction of sp³-hybridized carbons (Fsp3) is 0.647. The second kappa shape index (κ2) is 5.18. The lowest BCUT2D eigenvalue weighted by Crippen LogP contribution is -2.44. The molecule has 0 amide bonds. The van der Waals surface area contributed by atoms with Gasteiger partial charge in [-0.15, -0.1) is 0 Å². The van der Waals surface area contributed by atoms with E-state index in [1.807, 2.05) is 6.07 Å². The van der Waals surface area contributed by atoms with Crippen molar-refractivity contribution in [2.75, 3.05) is 32.8 Å². The van der Waals surface area contributed by atoms with Crippen LogP contribution in [0.4, 0.5) is 0 Å². The highest BCUT2D eigenvalue weighted by Crippen LogP contribution is 2.52. The van der Waals surface area contributed by atoms with Crippen LogP contribution >= 0.6 is 0 Å². The van der Waals surface area contributed by atoms with E-state index in [0.717, 1.165) is 18.0 Å². The Labute approximate surface area is 126 Å². The maximum atomic E-state index is 6.59. The van der Waals surface area contributed by atoms with Gasteiger partial charge < -0.3 is 20.1 Å². The molecule has 1 saturated heterocycles. The van der Waals surface area contributed by atoms with Gasteiger partial charge in [0.1, 0.15) is 13.2 Å². The Kier molecular flexibility index (Phi) is 3.31. The summed E-state index contributed by atoms with van der Waals surface area (Å²) >= 11 is 0. The van der Waals surface area contributed by atoms with Crippen LogP contribution in [0.25, 0.3) is 0 Å². The average Bonchev–Trinajstić information content (AvgIpc) is 3.19. The molecule has 1 aromatic carbocycles. The number of nitrogens with zero attached hydrogens (tertiary/aromatic N) is 1. The normalized spacial score (nSPS) is 24.8. The van der Waals surface area contributed by atoms with Gasteiger partial charge >= 0.3 is 0 Å². The first-order valence-corrected chi connectivity index (χ1v) is 8.16. The van der Waals surface area contributed by atoms with E-state index in [4.69, 9.17) is 15.2 Å². The molecule has 4 heteroatoms. The third kappa shape index (κ3) is 2.40. The minimum atomic E-state index is 0.165. The van der Waals surface area contributed by atoms with E-state index >= 15 is 0 Å². The molecule has 4 rings (SSSR count). The van der Waals surface area contributed by atoms with Gasteiger partial charge in [-0.05, 0) is 56.5 Å². The van der Waals surface area contributed by atoms with E-state index in [1.54, 1.807) is 0 Å². The molecule has 1 aliphatic carbocycles. The van der Waals surface area contributed by atoms with Gasteiger partial charge in [-0.3, -0.25) is 0 Å². The lowest BCUT2D eigenvalue weighted by molar-refractivity contribution is 0.171. The average molecular weight is 288 g/mol. The second-order valence-corrected chi connectivity index (χ2v) is 6.63. The molecule has 21 heavy (non-hydrogen) atoms. The molecule has 114 valence electrons. The number of nitrogens with two attached hydrogens (primary N) is 1. The lowest BCUT2D eigenvalue weighted by atomic mass is 9.88. The number of likely N-dealkylation sites (tertiary alicyclic amines) is 1. The summed E-state index contributed by atoms with van der Waals surface area (Å²) in [6.07, 6.45) is 5.04. The van der Waals surface area contributed by atoms with Crippen molar-refractivity contribution in [3.8, 4) is 11.5 Å². The summed E-state index contributed by atoms with van der Waals surface area (Å²) in [6, 6.07) is 6.61. The monoisotopic (exact) mass is 288 g/mol. The molecule has 1 aromatic rings. The van der Waals surface area contributed by atoms with Gasteiger partial charge in [0.2, 0.25) is 0 Å². The van der Waals surface area contributed by atoms with Crippen molar-refractivity contribution in [1.82, 2.24) is 4.90 Å². The van der Waals surface area contributed by atoms with Crippen LogP contribution in [-0.4, -0.2) is 43.8 Å². The molecular weight excluding hydrogens is 264 g/mol. The third-order valence-electron chi connectivity index (χ3n) is 5.27. The van der Waals surface area contributed by atoms with Gasteiger partial charge in [-0.1, -0.05) is 6.07 Å². The van der Waals surface area contributed by atoms with E-state index in [9.17, 15) is 0 Å². The summed E-state index contributed by atoms with van der Waals surface area (Å²) in [5.41, 5.74) is 8.09. The highest BCUT2D eigenvalue weighted by Gasteiger charge is 2.50. The van der Waals surface area contributed by atoms with E-state index in [1.165, 1.54) is 44.3 Å². The van der Waals surface area contributed by atoms with Crippen LogP contribution in [0.1, 0.15) is 31.2 Å². The maximum Gasteiger partial charge on any atom is 0.161 e. The van der Waals surface area contributed by atoms with Crippen molar-refractivity contribution in [2.45, 2.75) is 37.1 Å². The van der Waals surface area contributed by atoms with Crippen molar-refractivity contribution >= 4 is 0 Å². The van der Waals surface area contributed by atoms with Crippen molar-refractivity contribution in [1.29, 1.82) is 0 Å². The first-order valence-electron chi connectivity index (χ1n) is 8.16. The molecular formula is C17H24N2O2. The van der Waals surface area contributed by atoms with Crippen LogP contribution in [-0.2, 0) is 5.41 Å². The van der Waals surface area contributed by atoms with Crippen LogP contribution in [0.2, 0.25) is 0 Å². The first-order chi connectivity index (χ1) is 10.3. The molecule has 3 aliphatic rings. The number of ether oxygens (including phenoxy) is 2. The van der Waals surface area contributed by atoms with Gasteiger partial charge in [0, 0.05) is 18.0 Å². The first kappa shape index (κ1) is 13.4. The Bertz CT molecular complexity index is 522. The number of fused-ring (bicyclic) bond motifs is 1. The predicted octanol–water partition coefficient (Wildman–Crippen LogP) is 1.91. The molecule has 0 unspecified atom stereocenters. The Morgan fingerprint density at radius 2 is 1.81 bits per heavy atom. The summed E-state index contributed by atoms with van der Waals surface area (Å²) in [6.45, 7) is 4.74. The van der Waals surface area contributed by atoms with E-state index < -0.39 is 0 Å². The summed E-state index contributed by atoms with van der Waals surface area (Å²) in [5.74, 6) is 1.76. The lowest BCUT2D eigenvalue weighted by Gasteiger charge is -2.29. The molecule has 0 aromatic heterocycles. The molecule has 2 aliphatic heterocycles. The zero-order chi connectivity index (χ0) is 14.3. The fourth-order valence-corrected chi connectivity index (χ4v) is 3.78. The molecule has 4 nitrogen and oxygen atoms in total. The molecule has 0 radical (unpaired) electrons. The van der Waals surface area contributed by atoms with Crippen molar-refractivity contribution in [3.63, 3.8) is 0 Å². The zero-order valence-corrected chi connectivity index (χ0v) is 12.5. The van der Waals surface area contributed by atoms with Crippen molar-refractivity contribution in [2.24, 2.45) is 5.73 Å². The number of benzene rings is 1.